The van der Waals surface area contributed by atoms with Gasteiger partial charge >= 0.3 is 0 Å². The molecule has 0 aromatic carbocycles. The van der Waals surface area contributed by atoms with Crippen LogP contribution in [0.3, 0.4) is 0 Å². The fourth-order valence-corrected chi connectivity index (χ4v) is 1.43. The van der Waals surface area contributed by atoms with Crippen LogP contribution in [-0.2, 0) is 4.74 Å². The first-order chi connectivity index (χ1) is 5.41. The molecule has 2 nitrogen and oxygen atoms in total. The molecule has 1 aliphatic rings. The second-order valence-electron chi connectivity index (χ2n) is 4.58. The summed E-state index contributed by atoms with van der Waals surface area (Å²) in [5.74, 6) is 0. The van der Waals surface area contributed by atoms with E-state index in [4.69, 9.17) is 4.74 Å². The molecule has 1 saturated heterocycles. The molecule has 0 aliphatic carbocycles. The van der Waals surface area contributed by atoms with Crippen molar-refractivity contribution in [1.29, 1.82) is 0 Å². The molecular formula is C9H17NOS. The average molecular weight is 187 g/mol. The first kappa shape index (κ1) is 10.1. The van der Waals surface area contributed by atoms with E-state index >= 15 is 0 Å². The van der Waals surface area contributed by atoms with Gasteiger partial charge in [-0.3, -0.25) is 0 Å². The highest BCUT2D eigenvalue weighted by molar-refractivity contribution is 7.99. The second-order valence-corrected chi connectivity index (χ2v) is 6.20. The van der Waals surface area contributed by atoms with E-state index in [2.05, 4.69) is 32.1 Å². The molecule has 3 heteroatoms. The normalized spacial score (nSPS) is 22.7. The predicted molar refractivity (Wildman–Crippen MR) is 54.8 cm³/mol. The summed E-state index contributed by atoms with van der Waals surface area (Å²) in [4.78, 5) is 0. The van der Waals surface area contributed by atoms with Crippen LogP contribution in [0.2, 0.25) is 0 Å². The van der Waals surface area contributed by atoms with Crippen molar-refractivity contribution in [3.8, 4) is 0 Å². The van der Waals surface area contributed by atoms with Gasteiger partial charge in [0.1, 0.15) is 0 Å². The molecule has 0 atom stereocenters. The van der Waals surface area contributed by atoms with Gasteiger partial charge in [0.25, 0.3) is 0 Å². The second kappa shape index (κ2) is 3.38. The lowest BCUT2D eigenvalue weighted by Gasteiger charge is -2.34. The molecule has 1 aliphatic heterocycles. The van der Waals surface area contributed by atoms with Gasteiger partial charge in [0.05, 0.1) is 18.6 Å². The summed E-state index contributed by atoms with van der Waals surface area (Å²) in [5.41, 5.74) is 0.207. The highest BCUT2D eigenvalue weighted by atomic mass is 32.2. The number of nitrogens with zero attached hydrogens (tertiary/aromatic N) is 1. The molecule has 0 spiro atoms. The largest absolute Gasteiger partial charge is 0.379 e. The van der Waals surface area contributed by atoms with Crippen LogP contribution >= 0.6 is 11.9 Å². The molecule has 0 bridgehead atoms. The fraction of sp³-hybridized carbons (Fsp3) is 0.889. The van der Waals surface area contributed by atoms with Crippen molar-refractivity contribution >= 4 is 18.2 Å². The van der Waals surface area contributed by atoms with E-state index in [1.807, 2.05) is 6.21 Å². The van der Waals surface area contributed by atoms with E-state index in [0.717, 1.165) is 13.2 Å². The SMILES string of the molecule is CC1(C=NSC(C)(C)C)COC1. The van der Waals surface area contributed by atoms with E-state index in [0.29, 0.717) is 0 Å². The lowest BCUT2D eigenvalue weighted by Crippen LogP contribution is -2.40. The molecule has 1 heterocycles. The minimum Gasteiger partial charge on any atom is -0.379 e. The van der Waals surface area contributed by atoms with Gasteiger partial charge in [-0.05, 0) is 32.7 Å². The molecule has 0 aromatic rings. The fourth-order valence-electron chi connectivity index (χ4n) is 0.810. The molecule has 0 saturated carbocycles. The van der Waals surface area contributed by atoms with Gasteiger partial charge in [0, 0.05) is 11.0 Å². The Balaban J connectivity index is 2.30. The van der Waals surface area contributed by atoms with E-state index < -0.39 is 0 Å². The van der Waals surface area contributed by atoms with Crippen molar-refractivity contribution in [2.45, 2.75) is 32.4 Å². The smallest absolute Gasteiger partial charge is 0.0592 e. The van der Waals surface area contributed by atoms with Crippen LogP contribution in [0.15, 0.2) is 4.40 Å². The quantitative estimate of drug-likeness (QED) is 0.489. The number of hydrogen-bond donors (Lipinski definition) is 0. The molecule has 0 amide bonds. The summed E-state index contributed by atoms with van der Waals surface area (Å²) in [6.45, 7) is 10.3. The molecule has 70 valence electrons. The highest BCUT2D eigenvalue weighted by Gasteiger charge is 2.31. The summed E-state index contributed by atoms with van der Waals surface area (Å²) >= 11 is 1.62. The van der Waals surface area contributed by atoms with Crippen LogP contribution < -0.4 is 0 Å². The van der Waals surface area contributed by atoms with E-state index in [-0.39, 0.29) is 10.2 Å². The van der Waals surface area contributed by atoms with E-state index in [1.165, 1.54) is 0 Å². The Kier molecular flexibility index (Phi) is 2.84. The summed E-state index contributed by atoms with van der Waals surface area (Å²) < 4.78 is 9.69. The van der Waals surface area contributed by atoms with E-state index in [9.17, 15) is 0 Å². The van der Waals surface area contributed by atoms with Crippen molar-refractivity contribution in [1.82, 2.24) is 0 Å². The third-order valence-corrected chi connectivity index (χ3v) is 2.31. The Morgan fingerprint density at radius 3 is 2.33 bits per heavy atom. The topological polar surface area (TPSA) is 21.6 Å². The van der Waals surface area contributed by atoms with Gasteiger partial charge < -0.3 is 4.74 Å². The molecule has 0 radical (unpaired) electrons. The van der Waals surface area contributed by atoms with Crippen molar-refractivity contribution < 1.29 is 4.74 Å². The van der Waals surface area contributed by atoms with Gasteiger partial charge in [-0.2, -0.15) is 0 Å². The number of hydrogen-bond acceptors (Lipinski definition) is 3. The zero-order valence-electron chi connectivity index (χ0n) is 8.26. The Labute approximate surface area is 78.9 Å². The maximum absolute atomic E-state index is 5.12. The Bertz CT molecular complexity index is 179. The zero-order chi connectivity index (χ0) is 9.24. The van der Waals surface area contributed by atoms with Gasteiger partial charge in [0.15, 0.2) is 0 Å². The lowest BCUT2D eigenvalue weighted by atomic mass is 9.91. The third-order valence-electron chi connectivity index (χ3n) is 1.55. The van der Waals surface area contributed by atoms with Gasteiger partial charge in [-0.15, -0.1) is 0 Å². The van der Waals surface area contributed by atoms with Gasteiger partial charge in [-0.1, -0.05) is 6.92 Å². The molecule has 0 N–H and O–H groups in total. The first-order valence-corrected chi connectivity index (χ1v) is 4.99. The minimum absolute atomic E-state index is 0.207. The Morgan fingerprint density at radius 1 is 1.42 bits per heavy atom. The van der Waals surface area contributed by atoms with Crippen LogP contribution in [-0.4, -0.2) is 24.2 Å². The summed E-state index contributed by atoms with van der Waals surface area (Å²) in [7, 11) is 0. The molecule has 1 rings (SSSR count). The van der Waals surface area contributed by atoms with Crippen LogP contribution in [0, 0.1) is 5.41 Å². The van der Waals surface area contributed by atoms with Crippen LogP contribution in [0.5, 0.6) is 0 Å². The highest BCUT2D eigenvalue weighted by Crippen LogP contribution is 2.28. The average Bonchev–Trinajstić information content (AvgIpc) is 1.81. The predicted octanol–water partition coefficient (Wildman–Crippen LogP) is 2.54. The summed E-state index contributed by atoms with van der Waals surface area (Å²) in [5, 5.41) is 0. The van der Waals surface area contributed by atoms with Crippen molar-refractivity contribution in [3.05, 3.63) is 0 Å². The summed E-state index contributed by atoms with van der Waals surface area (Å²) in [6.07, 6.45) is 2.02. The Hall–Kier alpha value is -0.0200. The monoisotopic (exact) mass is 187 g/mol. The van der Waals surface area contributed by atoms with Gasteiger partial charge in [0.2, 0.25) is 0 Å². The van der Waals surface area contributed by atoms with Crippen molar-refractivity contribution in [2.75, 3.05) is 13.2 Å². The standard InChI is InChI=1S/C9H17NOS/c1-8(2,3)12-10-5-9(4)6-11-7-9/h5H,6-7H2,1-4H3. The molecule has 1 fully saturated rings. The summed E-state index contributed by atoms with van der Waals surface area (Å²) in [6, 6.07) is 0. The molecule has 12 heavy (non-hydrogen) atoms. The van der Waals surface area contributed by atoms with Gasteiger partial charge in [-0.25, -0.2) is 4.40 Å². The van der Waals surface area contributed by atoms with Crippen LogP contribution in [0.4, 0.5) is 0 Å². The number of rotatable bonds is 2. The van der Waals surface area contributed by atoms with Crippen molar-refractivity contribution in [3.63, 3.8) is 0 Å². The van der Waals surface area contributed by atoms with Crippen LogP contribution in [0.1, 0.15) is 27.7 Å². The zero-order valence-corrected chi connectivity index (χ0v) is 9.07. The molecule has 0 unspecified atom stereocenters. The molecular weight excluding hydrogens is 170 g/mol. The lowest BCUT2D eigenvalue weighted by molar-refractivity contribution is -0.0553. The number of ether oxygens (including phenoxy) is 1. The third kappa shape index (κ3) is 3.15. The Morgan fingerprint density at radius 2 is 2.00 bits per heavy atom. The maximum atomic E-state index is 5.12. The molecule has 0 aromatic heterocycles. The van der Waals surface area contributed by atoms with Crippen molar-refractivity contribution in [2.24, 2.45) is 9.81 Å². The van der Waals surface area contributed by atoms with E-state index in [1.54, 1.807) is 11.9 Å². The van der Waals surface area contributed by atoms with Crippen LogP contribution in [0.25, 0.3) is 0 Å². The first-order valence-electron chi connectivity index (χ1n) is 4.22. The minimum atomic E-state index is 0.207. The maximum Gasteiger partial charge on any atom is 0.0592 e.